The third kappa shape index (κ3) is 4.50. The van der Waals surface area contributed by atoms with Gasteiger partial charge >= 0.3 is 0 Å². The van der Waals surface area contributed by atoms with Crippen LogP contribution in [0, 0.1) is 11.7 Å². The van der Waals surface area contributed by atoms with Crippen molar-refractivity contribution in [3.63, 3.8) is 0 Å². The highest BCUT2D eigenvalue weighted by Crippen LogP contribution is 2.25. The largest absolute Gasteiger partial charge is 0.342 e. The van der Waals surface area contributed by atoms with Gasteiger partial charge in [-0.15, -0.1) is 0 Å². The molecule has 150 valence electrons. The lowest BCUT2D eigenvalue weighted by Gasteiger charge is -2.33. The van der Waals surface area contributed by atoms with Gasteiger partial charge in [-0.1, -0.05) is 18.2 Å². The van der Waals surface area contributed by atoms with Crippen LogP contribution in [0.3, 0.4) is 0 Å². The number of amides is 1. The number of allylic oxidation sites excluding steroid dienone is 1. The summed E-state index contributed by atoms with van der Waals surface area (Å²) in [5.74, 6) is 0.612. The topological polar surface area (TPSA) is 67.6 Å². The SMILES string of the molecule is O=C1C=CC(n2cccn2)=NC1CC1CCN(C(=O)Cc2ccccc2F)CC1. The Morgan fingerprint density at radius 2 is 1.93 bits per heavy atom. The molecule has 29 heavy (non-hydrogen) atoms. The van der Waals surface area contributed by atoms with Crippen molar-refractivity contribution >= 4 is 17.5 Å². The van der Waals surface area contributed by atoms with Gasteiger partial charge in [0.25, 0.3) is 0 Å². The van der Waals surface area contributed by atoms with Crippen molar-refractivity contribution in [3.05, 3.63) is 66.3 Å². The second kappa shape index (κ2) is 8.51. The zero-order valence-electron chi connectivity index (χ0n) is 16.1. The summed E-state index contributed by atoms with van der Waals surface area (Å²) in [7, 11) is 0. The van der Waals surface area contributed by atoms with Crippen molar-refractivity contribution in [2.24, 2.45) is 10.9 Å². The molecule has 2 aliphatic rings. The van der Waals surface area contributed by atoms with Gasteiger partial charge in [-0.25, -0.2) is 9.07 Å². The number of hydrogen-bond acceptors (Lipinski definition) is 4. The molecule has 0 N–H and O–H groups in total. The molecule has 1 aromatic heterocycles. The minimum Gasteiger partial charge on any atom is -0.342 e. The van der Waals surface area contributed by atoms with Crippen molar-refractivity contribution in [1.82, 2.24) is 14.7 Å². The van der Waals surface area contributed by atoms with E-state index < -0.39 is 6.04 Å². The fourth-order valence-electron chi connectivity index (χ4n) is 3.89. The maximum Gasteiger partial charge on any atom is 0.227 e. The van der Waals surface area contributed by atoms with Crippen LogP contribution in [0.4, 0.5) is 4.39 Å². The molecule has 1 fully saturated rings. The van der Waals surface area contributed by atoms with Crippen LogP contribution in [-0.2, 0) is 16.0 Å². The number of dihydropyridines is 1. The van der Waals surface area contributed by atoms with Crippen molar-refractivity contribution in [2.75, 3.05) is 13.1 Å². The molecule has 0 radical (unpaired) electrons. The Labute approximate surface area is 168 Å². The molecule has 3 heterocycles. The Balaban J connectivity index is 1.32. The molecule has 1 atom stereocenters. The third-order valence-electron chi connectivity index (χ3n) is 5.58. The molecule has 4 rings (SSSR count). The number of hydrogen-bond donors (Lipinski definition) is 0. The van der Waals surface area contributed by atoms with Crippen LogP contribution < -0.4 is 0 Å². The predicted octanol–water partition coefficient (Wildman–Crippen LogP) is 2.65. The maximum absolute atomic E-state index is 13.8. The number of aliphatic imine (C=N–C) groups is 1. The van der Waals surface area contributed by atoms with E-state index >= 15 is 0 Å². The zero-order chi connectivity index (χ0) is 20.2. The van der Waals surface area contributed by atoms with Crippen LogP contribution >= 0.6 is 0 Å². The highest BCUT2D eigenvalue weighted by molar-refractivity contribution is 6.07. The van der Waals surface area contributed by atoms with Gasteiger partial charge in [-0.3, -0.25) is 14.6 Å². The van der Waals surface area contributed by atoms with E-state index in [-0.39, 0.29) is 23.9 Å². The summed E-state index contributed by atoms with van der Waals surface area (Å²) in [6.07, 6.45) is 9.14. The third-order valence-corrected chi connectivity index (χ3v) is 5.58. The Hall–Kier alpha value is -3.09. The summed E-state index contributed by atoms with van der Waals surface area (Å²) in [6, 6.07) is 7.81. The number of carbonyl (C=O) groups excluding carboxylic acids is 2. The van der Waals surface area contributed by atoms with Crippen molar-refractivity contribution in [1.29, 1.82) is 0 Å². The lowest BCUT2D eigenvalue weighted by atomic mass is 9.88. The van der Waals surface area contributed by atoms with Gasteiger partial charge in [0.2, 0.25) is 5.91 Å². The second-order valence-corrected chi connectivity index (χ2v) is 7.52. The first kappa shape index (κ1) is 19.2. The Morgan fingerprint density at radius 1 is 1.14 bits per heavy atom. The molecule has 1 saturated heterocycles. The molecule has 2 aromatic rings. The molecular weight excluding hydrogens is 371 g/mol. The lowest BCUT2D eigenvalue weighted by Crippen LogP contribution is -2.40. The number of likely N-dealkylation sites (tertiary alicyclic amines) is 1. The number of aromatic nitrogens is 2. The van der Waals surface area contributed by atoms with Gasteiger partial charge in [-0.2, -0.15) is 5.10 Å². The van der Waals surface area contributed by atoms with Gasteiger partial charge in [0, 0.05) is 25.5 Å². The Kier molecular flexibility index (Phi) is 5.64. The lowest BCUT2D eigenvalue weighted by molar-refractivity contribution is -0.132. The summed E-state index contributed by atoms with van der Waals surface area (Å²) in [5.41, 5.74) is 0.430. The number of ketones is 1. The summed E-state index contributed by atoms with van der Waals surface area (Å²) in [5, 5.41) is 4.17. The first-order valence-corrected chi connectivity index (χ1v) is 9.91. The van der Waals surface area contributed by atoms with E-state index in [0.29, 0.717) is 36.8 Å². The average molecular weight is 394 g/mol. The molecule has 1 amide bonds. The Bertz CT molecular complexity index is 943. The van der Waals surface area contributed by atoms with Crippen LogP contribution in [0.5, 0.6) is 0 Å². The number of nitrogens with zero attached hydrogens (tertiary/aromatic N) is 4. The van der Waals surface area contributed by atoms with E-state index in [1.54, 1.807) is 52.3 Å². The van der Waals surface area contributed by atoms with E-state index in [9.17, 15) is 14.0 Å². The minimum atomic E-state index is -0.398. The zero-order valence-corrected chi connectivity index (χ0v) is 16.1. The predicted molar refractivity (Wildman–Crippen MR) is 107 cm³/mol. The first-order valence-electron chi connectivity index (χ1n) is 9.91. The number of halogens is 1. The van der Waals surface area contributed by atoms with Crippen LogP contribution in [0.15, 0.2) is 59.9 Å². The Morgan fingerprint density at radius 3 is 2.66 bits per heavy atom. The fourth-order valence-corrected chi connectivity index (χ4v) is 3.89. The molecular formula is C22H23FN4O2. The van der Waals surface area contributed by atoms with E-state index in [2.05, 4.69) is 10.1 Å². The van der Waals surface area contributed by atoms with Gasteiger partial charge in [0.05, 0.1) is 6.42 Å². The molecule has 6 nitrogen and oxygen atoms in total. The summed E-state index contributed by atoms with van der Waals surface area (Å²) in [4.78, 5) is 31.1. The summed E-state index contributed by atoms with van der Waals surface area (Å²) < 4.78 is 15.4. The monoisotopic (exact) mass is 394 g/mol. The van der Waals surface area contributed by atoms with Gasteiger partial charge in [0.15, 0.2) is 5.78 Å². The molecule has 1 aromatic carbocycles. The molecule has 0 bridgehead atoms. The molecule has 0 saturated carbocycles. The van der Waals surface area contributed by atoms with Gasteiger partial charge in [-0.05, 0) is 55.0 Å². The summed E-state index contributed by atoms with van der Waals surface area (Å²) in [6.45, 7) is 1.26. The van der Waals surface area contributed by atoms with Crippen LogP contribution in [0.1, 0.15) is 24.8 Å². The number of benzene rings is 1. The maximum atomic E-state index is 13.8. The number of piperidine rings is 1. The molecule has 0 spiro atoms. The average Bonchev–Trinajstić information content (AvgIpc) is 3.27. The van der Waals surface area contributed by atoms with E-state index in [0.717, 1.165) is 12.8 Å². The second-order valence-electron chi connectivity index (χ2n) is 7.52. The number of carbonyl (C=O) groups is 2. The standard InChI is InChI=1S/C22H23FN4O2/c23-18-5-2-1-4-17(18)15-22(29)26-12-8-16(9-13-26)14-19-20(28)6-7-21(25-19)27-11-3-10-24-27/h1-7,10-11,16,19H,8-9,12-15H2. The highest BCUT2D eigenvalue weighted by Gasteiger charge is 2.28. The van der Waals surface area contributed by atoms with Crippen molar-refractivity contribution < 1.29 is 14.0 Å². The number of rotatable bonds is 4. The van der Waals surface area contributed by atoms with Gasteiger partial charge < -0.3 is 4.90 Å². The quantitative estimate of drug-likeness (QED) is 0.801. The van der Waals surface area contributed by atoms with Gasteiger partial charge in [0.1, 0.15) is 17.7 Å². The van der Waals surface area contributed by atoms with E-state index in [1.165, 1.54) is 6.07 Å². The fraction of sp³-hybridized carbons (Fsp3) is 0.364. The minimum absolute atomic E-state index is 0.0129. The normalized spacial score (nSPS) is 20.0. The van der Waals surface area contributed by atoms with E-state index in [4.69, 9.17) is 0 Å². The van der Waals surface area contributed by atoms with Crippen molar-refractivity contribution in [2.45, 2.75) is 31.7 Å². The first-order chi connectivity index (χ1) is 14.1. The van der Waals surface area contributed by atoms with Crippen LogP contribution in [0.25, 0.3) is 0 Å². The van der Waals surface area contributed by atoms with Crippen LogP contribution in [0.2, 0.25) is 0 Å². The summed E-state index contributed by atoms with van der Waals surface area (Å²) >= 11 is 0. The van der Waals surface area contributed by atoms with Crippen molar-refractivity contribution in [3.8, 4) is 0 Å². The molecule has 7 heteroatoms. The highest BCUT2D eigenvalue weighted by atomic mass is 19.1. The van der Waals surface area contributed by atoms with Crippen LogP contribution in [-0.4, -0.2) is 51.3 Å². The van der Waals surface area contributed by atoms with E-state index in [1.807, 2.05) is 6.07 Å². The molecule has 0 aliphatic carbocycles. The smallest absolute Gasteiger partial charge is 0.227 e. The molecule has 1 unspecified atom stereocenters. The molecule has 2 aliphatic heterocycles.